The summed E-state index contributed by atoms with van der Waals surface area (Å²) in [6.45, 7) is 5.57. The maximum absolute atomic E-state index is 13.5. The van der Waals surface area contributed by atoms with Gasteiger partial charge in [0.25, 0.3) is 0 Å². The molecule has 1 aliphatic carbocycles. The second kappa shape index (κ2) is 6.16. The van der Waals surface area contributed by atoms with E-state index in [2.05, 4.69) is 12.2 Å². The van der Waals surface area contributed by atoms with Crippen LogP contribution in [-0.4, -0.2) is 31.4 Å². The lowest BCUT2D eigenvalue weighted by atomic mass is 9.85. The minimum atomic E-state index is -0.320. The van der Waals surface area contributed by atoms with E-state index < -0.39 is 0 Å². The van der Waals surface area contributed by atoms with Gasteiger partial charge in [-0.3, -0.25) is 0 Å². The number of para-hydroxylation sites is 1. The lowest BCUT2D eigenvalue weighted by molar-refractivity contribution is -0.105. The van der Waals surface area contributed by atoms with E-state index >= 15 is 0 Å². The fourth-order valence-corrected chi connectivity index (χ4v) is 2.28. The standard InChI is InChI=1S/C14H20FNO2/c1-3-16-11-9-13(14(11)17-4-2)18-12-8-6-5-7-10(12)15/h5-8,11,13-14,16H,3-4,9H2,1-2H3. The number of benzene rings is 1. The van der Waals surface area contributed by atoms with Gasteiger partial charge in [0.05, 0.1) is 0 Å². The summed E-state index contributed by atoms with van der Waals surface area (Å²) in [6, 6.07) is 6.80. The van der Waals surface area contributed by atoms with Gasteiger partial charge in [0.1, 0.15) is 12.2 Å². The molecule has 4 heteroatoms. The highest BCUT2D eigenvalue weighted by Crippen LogP contribution is 2.30. The van der Waals surface area contributed by atoms with Gasteiger partial charge in [0.2, 0.25) is 0 Å². The van der Waals surface area contributed by atoms with Crippen LogP contribution in [0.4, 0.5) is 4.39 Å². The zero-order chi connectivity index (χ0) is 13.0. The molecular weight excluding hydrogens is 233 g/mol. The molecule has 18 heavy (non-hydrogen) atoms. The Kier molecular flexibility index (Phi) is 4.55. The Morgan fingerprint density at radius 1 is 1.33 bits per heavy atom. The van der Waals surface area contributed by atoms with Crippen molar-refractivity contribution in [1.82, 2.24) is 5.32 Å². The summed E-state index contributed by atoms with van der Waals surface area (Å²) in [5, 5.41) is 3.35. The third-order valence-corrected chi connectivity index (χ3v) is 3.19. The quantitative estimate of drug-likeness (QED) is 0.844. The van der Waals surface area contributed by atoms with Gasteiger partial charge in [-0.05, 0) is 25.6 Å². The van der Waals surface area contributed by atoms with Crippen LogP contribution in [0.15, 0.2) is 24.3 Å². The number of nitrogens with one attached hydrogen (secondary N) is 1. The van der Waals surface area contributed by atoms with Crippen LogP contribution in [0.25, 0.3) is 0 Å². The van der Waals surface area contributed by atoms with Crippen LogP contribution in [0.3, 0.4) is 0 Å². The molecule has 3 atom stereocenters. The van der Waals surface area contributed by atoms with Crippen molar-refractivity contribution < 1.29 is 13.9 Å². The maximum Gasteiger partial charge on any atom is 0.165 e. The number of likely N-dealkylation sites (N-methyl/N-ethyl adjacent to an activating group) is 1. The normalized spacial score (nSPS) is 26.7. The molecule has 1 saturated carbocycles. The van der Waals surface area contributed by atoms with Crippen LogP contribution in [0, 0.1) is 5.82 Å². The lowest BCUT2D eigenvalue weighted by Crippen LogP contribution is -2.61. The van der Waals surface area contributed by atoms with Crippen molar-refractivity contribution in [2.24, 2.45) is 0 Å². The Morgan fingerprint density at radius 2 is 2.11 bits per heavy atom. The van der Waals surface area contributed by atoms with Gasteiger partial charge < -0.3 is 14.8 Å². The largest absolute Gasteiger partial charge is 0.485 e. The molecule has 0 amide bonds. The van der Waals surface area contributed by atoms with Gasteiger partial charge in [-0.2, -0.15) is 0 Å². The first-order valence-electron chi connectivity index (χ1n) is 6.52. The Labute approximate surface area is 107 Å². The first-order chi connectivity index (χ1) is 8.76. The highest BCUT2D eigenvalue weighted by Gasteiger charge is 2.43. The second-order valence-electron chi connectivity index (χ2n) is 4.41. The van der Waals surface area contributed by atoms with Crippen LogP contribution in [0.1, 0.15) is 20.3 Å². The van der Waals surface area contributed by atoms with E-state index in [4.69, 9.17) is 9.47 Å². The van der Waals surface area contributed by atoms with Crippen LogP contribution < -0.4 is 10.1 Å². The van der Waals surface area contributed by atoms with Crippen molar-refractivity contribution >= 4 is 0 Å². The summed E-state index contributed by atoms with van der Waals surface area (Å²) in [6.07, 6.45) is 0.799. The van der Waals surface area contributed by atoms with Gasteiger partial charge in [0, 0.05) is 19.1 Å². The molecule has 1 aromatic carbocycles. The smallest absolute Gasteiger partial charge is 0.165 e. The summed E-state index contributed by atoms with van der Waals surface area (Å²) in [5.74, 6) is -0.0122. The monoisotopic (exact) mass is 253 g/mol. The third kappa shape index (κ3) is 2.82. The van der Waals surface area contributed by atoms with Crippen molar-refractivity contribution in [3.05, 3.63) is 30.1 Å². The zero-order valence-corrected chi connectivity index (χ0v) is 10.9. The van der Waals surface area contributed by atoms with Crippen LogP contribution in [0.5, 0.6) is 5.75 Å². The lowest BCUT2D eigenvalue weighted by Gasteiger charge is -2.44. The molecule has 0 heterocycles. The van der Waals surface area contributed by atoms with Crippen molar-refractivity contribution in [3.63, 3.8) is 0 Å². The Bertz CT molecular complexity index is 386. The number of halogens is 1. The first-order valence-corrected chi connectivity index (χ1v) is 6.52. The van der Waals surface area contributed by atoms with E-state index in [-0.39, 0.29) is 18.0 Å². The Balaban J connectivity index is 1.96. The van der Waals surface area contributed by atoms with E-state index in [0.29, 0.717) is 18.4 Å². The highest BCUT2D eigenvalue weighted by molar-refractivity contribution is 5.24. The van der Waals surface area contributed by atoms with Crippen LogP contribution in [0.2, 0.25) is 0 Å². The predicted molar refractivity (Wildman–Crippen MR) is 68.3 cm³/mol. The molecule has 0 aromatic heterocycles. The van der Waals surface area contributed by atoms with E-state index in [9.17, 15) is 4.39 Å². The Morgan fingerprint density at radius 3 is 2.78 bits per heavy atom. The average Bonchev–Trinajstić information content (AvgIpc) is 2.37. The SMILES string of the molecule is CCNC1CC(Oc2ccccc2F)C1OCC. The molecule has 0 bridgehead atoms. The second-order valence-corrected chi connectivity index (χ2v) is 4.41. The topological polar surface area (TPSA) is 30.5 Å². The molecule has 3 nitrogen and oxygen atoms in total. The molecule has 0 saturated heterocycles. The molecule has 100 valence electrons. The van der Waals surface area contributed by atoms with Gasteiger partial charge in [0.15, 0.2) is 11.6 Å². The summed E-state index contributed by atoms with van der Waals surface area (Å²) >= 11 is 0. The van der Waals surface area contributed by atoms with Gasteiger partial charge in [-0.1, -0.05) is 19.1 Å². The minimum Gasteiger partial charge on any atom is -0.485 e. The number of hydrogen-bond donors (Lipinski definition) is 1. The van der Waals surface area contributed by atoms with Crippen molar-refractivity contribution in [2.45, 2.75) is 38.5 Å². The van der Waals surface area contributed by atoms with Crippen molar-refractivity contribution in [3.8, 4) is 5.75 Å². The molecule has 1 aromatic rings. The fourth-order valence-electron chi connectivity index (χ4n) is 2.28. The molecule has 1 fully saturated rings. The van der Waals surface area contributed by atoms with Gasteiger partial charge in [-0.25, -0.2) is 4.39 Å². The summed E-state index contributed by atoms with van der Waals surface area (Å²) < 4.78 is 24.8. The first kappa shape index (κ1) is 13.3. The van der Waals surface area contributed by atoms with Crippen molar-refractivity contribution in [2.75, 3.05) is 13.2 Å². The molecule has 0 aliphatic heterocycles. The molecule has 1 aliphatic rings. The van der Waals surface area contributed by atoms with Crippen LogP contribution in [-0.2, 0) is 4.74 Å². The summed E-state index contributed by atoms with van der Waals surface area (Å²) in [5.41, 5.74) is 0. The van der Waals surface area contributed by atoms with E-state index in [0.717, 1.165) is 13.0 Å². The molecule has 0 spiro atoms. The number of ether oxygens (including phenoxy) is 2. The Hall–Kier alpha value is -1.13. The fraction of sp³-hybridized carbons (Fsp3) is 0.571. The molecular formula is C14H20FNO2. The van der Waals surface area contributed by atoms with E-state index in [1.165, 1.54) is 6.07 Å². The highest BCUT2D eigenvalue weighted by atomic mass is 19.1. The summed E-state index contributed by atoms with van der Waals surface area (Å²) in [7, 11) is 0. The minimum absolute atomic E-state index is 0.00885. The number of hydrogen-bond acceptors (Lipinski definition) is 3. The summed E-state index contributed by atoms with van der Waals surface area (Å²) in [4.78, 5) is 0. The predicted octanol–water partition coefficient (Wildman–Crippen LogP) is 2.36. The van der Waals surface area contributed by atoms with E-state index in [1.807, 2.05) is 6.92 Å². The molecule has 0 radical (unpaired) electrons. The number of rotatable bonds is 6. The maximum atomic E-state index is 13.5. The van der Waals surface area contributed by atoms with Crippen molar-refractivity contribution in [1.29, 1.82) is 0 Å². The molecule has 3 unspecified atom stereocenters. The van der Waals surface area contributed by atoms with E-state index in [1.54, 1.807) is 18.2 Å². The van der Waals surface area contributed by atoms with Gasteiger partial charge >= 0.3 is 0 Å². The average molecular weight is 253 g/mol. The van der Waals surface area contributed by atoms with Gasteiger partial charge in [-0.15, -0.1) is 0 Å². The zero-order valence-electron chi connectivity index (χ0n) is 10.9. The molecule has 1 N–H and O–H groups in total. The molecule has 2 rings (SSSR count). The van der Waals surface area contributed by atoms with Crippen LogP contribution >= 0.6 is 0 Å². The third-order valence-electron chi connectivity index (χ3n) is 3.19.